The highest BCUT2D eigenvalue weighted by molar-refractivity contribution is 5.90. The molecule has 2 aromatic rings. The van der Waals surface area contributed by atoms with Gasteiger partial charge in [0.1, 0.15) is 17.3 Å². The van der Waals surface area contributed by atoms with Gasteiger partial charge in [-0.1, -0.05) is 0 Å². The van der Waals surface area contributed by atoms with Crippen molar-refractivity contribution in [1.82, 2.24) is 0 Å². The van der Waals surface area contributed by atoms with Crippen LogP contribution in [0.25, 0.3) is 16.9 Å². The highest BCUT2D eigenvalue weighted by Crippen LogP contribution is 2.27. The molecule has 4 heteroatoms. The largest absolute Gasteiger partial charge is 0.497 e. The van der Waals surface area contributed by atoms with E-state index in [0.29, 0.717) is 5.76 Å². The third kappa shape index (κ3) is 3.09. The number of hydrogen-bond donors (Lipinski definition) is 0. The number of rotatable bonds is 4. The molecule has 0 saturated heterocycles. The van der Waals surface area contributed by atoms with Gasteiger partial charge < -0.3 is 13.9 Å². The van der Waals surface area contributed by atoms with Gasteiger partial charge >= 0.3 is 5.97 Å². The number of carbonyl (C=O) groups is 1. The topological polar surface area (TPSA) is 48.7 Å². The molecular formula is C16H16O4. The predicted molar refractivity (Wildman–Crippen MR) is 76.4 cm³/mol. The Morgan fingerprint density at radius 2 is 1.80 bits per heavy atom. The van der Waals surface area contributed by atoms with Crippen LogP contribution in [0, 0.1) is 0 Å². The molecule has 0 aliphatic rings. The highest BCUT2D eigenvalue weighted by atomic mass is 16.5. The normalized spacial score (nSPS) is 11.2. The molecule has 20 heavy (non-hydrogen) atoms. The quantitative estimate of drug-likeness (QED) is 0.631. The molecule has 0 unspecified atom stereocenters. The summed E-state index contributed by atoms with van der Waals surface area (Å²) in [7, 11) is 2.97. The standard InChI is InChI=1S/C16H16O4/c1-11(10-16(17)19-3)14-8-9-15(20-14)12-4-6-13(18-2)7-5-12/h4-10H,1-3H3/b11-10+. The zero-order valence-electron chi connectivity index (χ0n) is 11.7. The molecule has 104 valence electrons. The van der Waals surface area contributed by atoms with Gasteiger partial charge in [0, 0.05) is 11.6 Å². The second kappa shape index (κ2) is 6.10. The van der Waals surface area contributed by atoms with Crippen LogP contribution in [-0.4, -0.2) is 20.2 Å². The maximum absolute atomic E-state index is 11.2. The Labute approximate surface area is 117 Å². The number of methoxy groups -OCH3 is 2. The zero-order chi connectivity index (χ0) is 14.5. The minimum atomic E-state index is -0.398. The van der Waals surface area contributed by atoms with Crippen molar-refractivity contribution in [3.63, 3.8) is 0 Å². The molecule has 0 aliphatic heterocycles. The molecule has 0 atom stereocenters. The predicted octanol–water partition coefficient (Wildman–Crippen LogP) is 3.53. The van der Waals surface area contributed by atoms with Crippen molar-refractivity contribution in [2.75, 3.05) is 14.2 Å². The second-order valence-corrected chi connectivity index (χ2v) is 4.24. The average Bonchev–Trinajstić information content (AvgIpc) is 2.97. The monoisotopic (exact) mass is 272 g/mol. The average molecular weight is 272 g/mol. The van der Waals surface area contributed by atoms with E-state index in [0.717, 1.165) is 22.6 Å². The van der Waals surface area contributed by atoms with Crippen LogP contribution in [0.1, 0.15) is 12.7 Å². The van der Waals surface area contributed by atoms with Crippen LogP contribution >= 0.6 is 0 Å². The lowest BCUT2D eigenvalue weighted by Crippen LogP contribution is -1.95. The Balaban J connectivity index is 2.23. The Morgan fingerprint density at radius 1 is 1.10 bits per heavy atom. The zero-order valence-corrected chi connectivity index (χ0v) is 11.7. The van der Waals surface area contributed by atoms with Gasteiger partial charge in [-0.2, -0.15) is 0 Å². The molecule has 2 rings (SSSR count). The number of furan rings is 1. The molecule has 1 heterocycles. The molecule has 1 aromatic carbocycles. The van der Waals surface area contributed by atoms with Crippen molar-refractivity contribution in [3.05, 3.63) is 48.2 Å². The lowest BCUT2D eigenvalue weighted by atomic mass is 10.1. The van der Waals surface area contributed by atoms with Crippen molar-refractivity contribution in [1.29, 1.82) is 0 Å². The van der Waals surface area contributed by atoms with E-state index in [1.54, 1.807) is 14.0 Å². The number of ether oxygens (including phenoxy) is 2. The maximum atomic E-state index is 11.2. The summed E-state index contributed by atoms with van der Waals surface area (Å²) < 4.78 is 15.4. The number of allylic oxidation sites excluding steroid dienone is 1. The Morgan fingerprint density at radius 3 is 2.40 bits per heavy atom. The van der Waals surface area contributed by atoms with E-state index in [9.17, 15) is 4.79 Å². The molecule has 1 aromatic heterocycles. The summed E-state index contributed by atoms with van der Waals surface area (Å²) in [5, 5.41) is 0. The first-order chi connectivity index (χ1) is 9.63. The first-order valence-electron chi connectivity index (χ1n) is 6.15. The van der Waals surface area contributed by atoms with Gasteiger partial charge in [-0.15, -0.1) is 0 Å². The first-order valence-corrected chi connectivity index (χ1v) is 6.15. The lowest BCUT2D eigenvalue weighted by Gasteiger charge is -2.01. The highest BCUT2D eigenvalue weighted by Gasteiger charge is 2.08. The molecule has 0 aliphatic carbocycles. The van der Waals surface area contributed by atoms with Gasteiger partial charge in [-0.3, -0.25) is 0 Å². The summed E-state index contributed by atoms with van der Waals surface area (Å²) in [5.41, 5.74) is 1.67. The van der Waals surface area contributed by atoms with Crippen molar-refractivity contribution in [2.24, 2.45) is 0 Å². The van der Waals surface area contributed by atoms with E-state index in [1.807, 2.05) is 36.4 Å². The minimum absolute atomic E-state index is 0.398. The molecular weight excluding hydrogens is 256 g/mol. The Kier molecular flexibility index (Phi) is 4.25. The van der Waals surface area contributed by atoms with E-state index < -0.39 is 5.97 Å². The van der Waals surface area contributed by atoms with Crippen LogP contribution in [0.4, 0.5) is 0 Å². The molecule has 0 bridgehead atoms. The number of esters is 1. The Bertz CT molecular complexity index is 620. The fourth-order valence-corrected chi connectivity index (χ4v) is 1.77. The molecule has 4 nitrogen and oxygen atoms in total. The number of hydrogen-bond acceptors (Lipinski definition) is 4. The summed E-state index contributed by atoms with van der Waals surface area (Å²) in [6.07, 6.45) is 1.40. The van der Waals surface area contributed by atoms with Gasteiger partial charge in [0.15, 0.2) is 0 Å². The SMILES string of the molecule is COC(=O)/C=C(\C)c1ccc(-c2ccc(OC)cc2)o1. The summed E-state index contributed by atoms with van der Waals surface area (Å²) in [6, 6.07) is 11.3. The third-order valence-corrected chi connectivity index (χ3v) is 2.90. The molecule has 0 radical (unpaired) electrons. The van der Waals surface area contributed by atoms with Crippen LogP contribution in [-0.2, 0) is 9.53 Å². The van der Waals surface area contributed by atoms with Crippen LogP contribution in [0.3, 0.4) is 0 Å². The van der Waals surface area contributed by atoms with E-state index in [2.05, 4.69) is 4.74 Å². The van der Waals surface area contributed by atoms with Crippen molar-refractivity contribution in [2.45, 2.75) is 6.92 Å². The summed E-state index contributed by atoms with van der Waals surface area (Å²) in [4.78, 5) is 11.2. The van der Waals surface area contributed by atoms with E-state index in [-0.39, 0.29) is 0 Å². The Hall–Kier alpha value is -2.49. The molecule has 0 amide bonds. The summed E-state index contributed by atoms with van der Waals surface area (Å²) in [6.45, 7) is 1.80. The maximum Gasteiger partial charge on any atom is 0.330 e. The number of carbonyl (C=O) groups excluding carboxylic acids is 1. The van der Waals surface area contributed by atoms with Crippen LogP contribution in [0.15, 0.2) is 46.9 Å². The van der Waals surface area contributed by atoms with Gasteiger partial charge in [0.25, 0.3) is 0 Å². The molecule has 0 spiro atoms. The fourth-order valence-electron chi connectivity index (χ4n) is 1.77. The van der Waals surface area contributed by atoms with Crippen LogP contribution in [0.2, 0.25) is 0 Å². The molecule has 0 fully saturated rings. The number of benzene rings is 1. The van der Waals surface area contributed by atoms with Crippen LogP contribution < -0.4 is 4.74 Å². The molecule has 0 N–H and O–H groups in total. The summed E-state index contributed by atoms with van der Waals surface area (Å²) in [5.74, 6) is 1.77. The van der Waals surface area contributed by atoms with E-state index in [1.165, 1.54) is 13.2 Å². The minimum Gasteiger partial charge on any atom is -0.497 e. The van der Waals surface area contributed by atoms with E-state index >= 15 is 0 Å². The fraction of sp³-hybridized carbons (Fsp3) is 0.188. The van der Waals surface area contributed by atoms with Gasteiger partial charge in [-0.05, 0) is 48.9 Å². The second-order valence-electron chi connectivity index (χ2n) is 4.24. The van der Waals surface area contributed by atoms with Crippen molar-refractivity contribution in [3.8, 4) is 17.1 Å². The van der Waals surface area contributed by atoms with Crippen molar-refractivity contribution < 1.29 is 18.7 Å². The van der Waals surface area contributed by atoms with E-state index in [4.69, 9.17) is 9.15 Å². The van der Waals surface area contributed by atoms with Crippen molar-refractivity contribution >= 4 is 11.5 Å². The first kappa shape index (κ1) is 13.9. The van der Waals surface area contributed by atoms with Gasteiger partial charge in [0.05, 0.1) is 14.2 Å². The smallest absolute Gasteiger partial charge is 0.330 e. The third-order valence-electron chi connectivity index (χ3n) is 2.90. The molecule has 0 saturated carbocycles. The lowest BCUT2D eigenvalue weighted by molar-refractivity contribution is -0.134. The van der Waals surface area contributed by atoms with Crippen LogP contribution in [0.5, 0.6) is 5.75 Å². The van der Waals surface area contributed by atoms with Gasteiger partial charge in [-0.25, -0.2) is 4.79 Å². The van der Waals surface area contributed by atoms with Gasteiger partial charge in [0.2, 0.25) is 0 Å². The summed E-state index contributed by atoms with van der Waals surface area (Å²) >= 11 is 0.